The number of nitrogens with zero attached hydrogens (tertiary/aromatic N) is 5. The van der Waals surface area contributed by atoms with E-state index in [1.54, 1.807) is 0 Å². The number of nitrogens with one attached hydrogen (secondary N) is 1. The molecule has 7 heteroatoms. The van der Waals surface area contributed by atoms with Crippen molar-refractivity contribution >= 4 is 11.6 Å². The average molecular weight is 354 g/mol. The summed E-state index contributed by atoms with van der Waals surface area (Å²) in [4.78, 5) is 21.1. The van der Waals surface area contributed by atoms with Crippen LogP contribution in [0.15, 0.2) is 36.8 Å². The molecule has 138 valence electrons. The fourth-order valence-electron chi connectivity index (χ4n) is 3.92. The molecular formula is C19H26N6O. The van der Waals surface area contributed by atoms with Gasteiger partial charge in [-0.2, -0.15) is 5.10 Å². The van der Waals surface area contributed by atoms with E-state index in [0.29, 0.717) is 12.5 Å². The maximum atomic E-state index is 12.8. The van der Waals surface area contributed by atoms with Crippen molar-refractivity contribution in [2.24, 2.45) is 0 Å². The van der Waals surface area contributed by atoms with Gasteiger partial charge in [-0.15, -0.1) is 0 Å². The Morgan fingerprint density at radius 3 is 2.65 bits per heavy atom. The standard InChI is InChI=1S/C19H26N6O/c26-19(15-25-18(5-9-22-25)16-2-1-6-21-14-16)24-12-10-23(11-13-24)17-3-7-20-8-4-17/h3-5,7-9,16,21H,1-2,6,10-15H2/t16-/m1/s1. The van der Waals surface area contributed by atoms with Gasteiger partial charge in [-0.1, -0.05) is 0 Å². The molecule has 2 aliphatic rings. The lowest BCUT2D eigenvalue weighted by molar-refractivity contribution is -0.132. The van der Waals surface area contributed by atoms with Gasteiger partial charge in [0.15, 0.2) is 0 Å². The predicted octanol–water partition coefficient (Wildman–Crippen LogP) is 1.09. The molecule has 4 rings (SSSR count). The number of rotatable bonds is 4. The van der Waals surface area contributed by atoms with E-state index in [9.17, 15) is 4.79 Å². The lowest BCUT2D eigenvalue weighted by Crippen LogP contribution is -2.49. The minimum Gasteiger partial charge on any atom is -0.368 e. The van der Waals surface area contributed by atoms with Crippen molar-refractivity contribution in [3.8, 4) is 0 Å². The third-order valence-electron chi connectivity index (χ3n) is 5.41. The van der Waals surface area contributed by atoms with Crippen LogP contribution >= 0.6 is 0 Å². The second-order valence-electron chi connectivity index (χ2n) is 7.03. The van der Waals surface area contributed by atoms with Crippen molar-refractivity contribution < 1.29 is 4.79 Å². The largest absolute Gasteiger partial charge is 0.368 e. The zero-order chi connectivity index (χ0) is 17.8. The van der Waals surface area contributed by atoms with Gasteiger partial charge in [0.2, 0.25) is 5.91 Å². The fraction of sp³-hybridized carbons (Fsp3) is 0.526. The number of aromatic nitrogens is 3. The number of carbonyl (C=O) groups excluding carboxylic acids is 1. The zero-order valence-corrected chi connectivity index (χ0v) is 15.0. The van der Waals surface area contributed by atoms with Crippen LogP contribution in [0.5, 0.6) is 0 Å². The molecule has 1 N–H and O–H groups in total. The Morgan fingerprint density at radius 2 is 1.92 bits per heavy atom. The maximum Gasteiger partial charge on any atom is 0.244 e. The maximum absolute atomic E-state index is 12.8. The molecule has 2 aromatic heterocycles. The molecule has 0 spiro atoms. The summed E-state index contributed by atoms with van der Waals surface area (Å²) in [5.74, 6) is 0.621. The van der Waals surface area contributed by atoms with Crippen LogP contribution in [0.25, 0.3) is 0 Å². The number of piperazine rings is 1. The summed E-state index contributed by atoms with van der Waals surface area (Å²) in [5.41, 5.74) is 2.35. The minimum atomic E-state index is 0.160. The first kappa shape index (κ1) is 17.0. The van der Waals surface area contributed by atoms with Gasteiger partial charge >= 0.3 is 0 Å². The average Bonchev–Trinajstić information content (AvgIpc) is 3.17. The summed E-state index contributed by atoms with van der Waals surface area (Å²) < 4.78 is 1.90. The normalized spacial score (nSPS) is 21.0. The number of hydrogen-bond acceptors (Lipinski definition) is 5. The third kappa shape index (κ3) is 3.72. The second-order valence-corrected chi connectivity index (χ2v) is 7.03. The minimum absolute atomic E-state index is 0.160. The number of anilines is 1. The van der Waals surface area contributed by atoms with E-state index in [4.69, 9.17) is 0 Å². The summed E-state index contributed by atoms with van der Waals surface area (Å²) >= 11 is 0. The van der Waals surface area contributed by atoms with Gasteiger partial charge in [0.1, 0.15) is 6.54 Å². The van der Waals surface area contributed by atoms with Crippen LogP contribution in [-0.2, 0) is 11.3 Å². The van der Waals surface area contributed by atoms with E-state index in [2.05, 4.69) is 26.4 Å². The summed E-state index contributed by atoms with van der Waals surface area (Å²) in [6.07, 6.45) is 7.79. The first-order valence-corrected chi connectivity index (χ1v) is 9.46. The number of amides is 1. The molecule has 0 aliphatic carbocycles. The first-order chi connectivity index (χ1) is 12.8. The van der Waals surface area contributed by atoms with E-state index in [1.807, 2.05) is 40.3 Å². The molecule has 2 aliphatic heterocycles. The van der Waals surface area contributed by atoms with Gasteiger partial charge < -0.3 is 15.1 Å². The lowest BCUT2D eigenvalue weighted by Gasteiger charge is -2.36. The summed E-state index contributed by atoms with van der Waals surface area (Å²) in [7, 11) is 0. The molecule has 1 atom stereocenters. The summed E-state index contributed by atoms with van der Waals surface area (Å²) in [5, 5.41) is 7.85. The molecule has 2 saturated heterocycles. The summed E-state index contributed by atoms with van der Waals surface area (Å²) in [6, 6.07) is 6.10. The molecule has 7 nitrogen and oxygen atoms in total. The second kappa shape index (κ2) is 7.86. The smallest absolute Gasteiger partial charge is 0.244 e. The monoisotopic (exact) mass is 354 g/mol. The number of pyridine rings is 1. The van der Waals surface area contributed by atoms with Crippen molar-refractivity contribution in [2.45, 2.75) is 25.3 Å². The molecule has 0 bridgehead atoms. The Labute approximate surface area is 154 Å². The topological polar surface area (TPSA) is 66.3 Å². The van der Waals surface area contributed by atoms with Crippen molar-refractivity contribution in [3.63, 3.8) is 0 Å². The van der Waals surface area contributed by atoms with Crippen LogP contribution in [0.2, 0.25) is 0 Å². The highest BCUT2D eigenvalue weighted by Crippen LogP contribution is 2.23. The van der Waals surface area contributed by atoms with Gasteiger partial charge in [0, 0.05) is 68.6 Å². The molecule has 4 heterocycles. The fourth-order valence-corrected chi connectivity index (χ4v) is 3.92. The van der Waals surface area contributed by atoms with Gasteiger partial charge in [-0.25, -0.2) is 0 Å². The Morgan fingerprint density at radius 1 is 1.12 bits per heavy atom. The summed E-state index contributed by atoms with van der Waals surface area (Å²) in [6.45, 7) is 5.62. The zero-order valence-electron chi connectivity index (χ0n) is 15.0. The van der Waals surface area contributed by atoms with Crippen LogP contribution < -0.4 is 10.2 Å². The molecule has 0 aromatic carbocycles. The molecule has 0 unspecified atom stereocenters. The molecule has 0 saturated carbocycles. The van der Waals surface area contributed by atoms with E-state index in [-0.39, 0.29) is 5.91 Å². The van der Waals surface area contributed by atoms with Gasteiger partial charge in [0.05, 0.1) is 0 Å². The highest BCUT2D eigenvalue weighted by atomic mass is 16.2. The van der Waals surface area contributed by atoms with Crippen molar-refractivity contribution in [2.75, 3.05) is 44.2 Å². The first-order valence-electron chi connectivity index (χ1n) is 9.46. The number of carbonyl (C=O) groups is 1. The van der Waals surface area contributed by atoms with Crippen molar-refractivity contribution in [1.82, 2.24) is 25.0 Å². The molecule has 2 fully saturated rings. The van der Waals surface area contributed by atoms with E-state index < -0.39 is 0 Å². The molecule has 1 amide bonds. The van der Waals surface area contributed by atoms with Crippen molar-refractivity contribution in [1.29, 1.82) is 0 Å². The number of hydrogen-bond donors (Lipinski definition) is 1. The van der Waals surface area contributed by atoms with E-state index >= 15 is 0 Å². The molecule has 26 heavy (non-hydrogen) atoms. The molecule has 0 radical (unpaired) electrons. The van der Waals surface area contributed by atoms with Gasteiger partial charge in [0.25, 0.3) is 0 Å². The van der Waals surface area contributed by atoms with Gasteiger partial charge in [-0.05, 0) is 37.6 Å². The predicted molar refractivity (Wildman–Crippen MR) is 100 cm³/mol. The number of piperidine rings is 1. The Balaban J connectivity index is 1.34. The van der Waals surface area contributed by atoms with Crippen LogP contribution in [0.4, 0.5) is 5.69 Å². The van der Waals surface area contributed by atoms with Crippen LogP contribution in [0, 0.1) is 0 Å². The Hall–Kier alpha value is -2.41. The van der Waals surface area contributed by atoms with E-state index in [1.165, 1.54) is 17.8 Å². The highest BCUT2D eigenvalue weighted by Gasteiger charge is 2.24. The van der Waals surface area contributed by atoms with Crippen molar-refractivity contribution in [3.05, 3.63) is 42.5 Å². The van der Waals surface area contributed by atoms with Crippen LogP contribution in [0.3, 0.4) is 0 Å². The quantitative estimate of drug-likeness (QED) is 0.890. The SMILES string of the molecule is O=C(Cn1nccc1[C@@H]1CCCNC1)N1CCN(c2ccncc2)CC1. The highest BCUT2D eigenvalue weighted by molar-refractivity contribution is 5.76. The molecular weight excluding hydrogens is 328 g/mol. The Bertz CT molecular complexity index is 717. The van der Waals surface area contributed by atoms with E-state index in [0.717, 1.165) is 45.7 Å². The molecule has 2 aromatic rings. The Kier molecular flexibility index (Phi) is 5.15. The van der Waals surface area contributed by atoms with Gasteiger partial charge in [-0.3, -0.25) is 14.5 Å². The van der Waals surface area contributed by atoms with Crippen LogP contribution in [0.1, 0.15) is 24.5 Å². The third-order valence-corrected chi connectivity index (χ3v) is 5.41. The van der Waals surface area contributed by atoms with Crippen LogP contribution in [-0.4, -0.2) is 64.8 Å². The lowest BCUT2D eigenvalue weighted by atomic mass is 9.96.